The second-order valence-electron chi connectivity index (χ2n) is 5.50. The number of nitrogens with one attached hydrogen (secondary N) is 1. The molecule has 0 aliphatic heterocycles. The normalized spacial score (nSPS) is 10.9. The molecule has 4 heterocycles. The SMILES string of the molecule is O=C(NCCc1csc(-c2cccnc2)n1)c1ccc2nccn2c1. The van der Waals surface area contributed by atoms with Crippen molar-refractivity contribution in [3.8, 4) is 10.6 Å². The van der Waals surface area contributed by atoms with E-state index >= 15 is 0 Å². The fourth-order valence-electron chi connectivity index (χ4n) is 2.50. The number of fused-ring (bicyclic) bond motifs is 1. The van der Waals surface area contributed by atoms with Gasteiger partial charge in [-0.1, -0.05) is 0 Å². The number of imidazole rings is 1. The van der Waals surface area contributed by atoms with Gasteiger partial charge in [0.05, 0.1) is 11.3 Å². The van der Waals surface area contributed by atoms with E-state index in [1.54, 1.807) is 42.2 Å². The van der Waals surface area contributed by atoms with Crippen LogP contribution in [0.15, 0.2) is 60.6 Å². The minimum absolute atomic E-state index is 0.0988. The molecule has 7 heteroatoms. The number of aromatic nitrogens is 4. The van der Waals surface area contributed by atoms with Crippen molar-refractivity contribution >= 4 is 22.9 Å². The summed E-state index contributed by atoms with van der Waals surface area (Å²) in [4.78, 5) is 25.1. The molecule has 0 bridgehead atoms. The Kier molecular flexibility index (Phi) is 4.22. The molecular formula is C18H15N5OS. The average molecular weight is 349 g/mol. The molecule has 0 fully saturated rings. The van der Waals surface area contributed by atoms with Gasteiger partial charge in [0.1, 0.15) is 10.7 Å². The number of carbonyl (C=O) groups excluding carboxylic acids is 1. The van der Waals surface area contributed by atoms with Crippen molar-refractivity contribution in [1.29, 1.82) is 0 Å². The standard InChI is InChI=1S/C18H15N5OS/c24-17(14-3-4-16-20-8-9-23(16)11-14)21-7-5-15-12-25-18(22-15)13-2-1-6-19-10-13/h1-4,6,8-12H,5,7H2,(H,21,24). The van der Waals surface area contributed by atoms with Crippen molar-refractivity contribution in [2.75, 3.05) is 6.54 Å². The van der Waals surface area contributed by atoms with Crippen LogP contribution in [0.2, 0.25) is 0 Å². The van der Waals surface area contributed by atoms with Crippen LogP contribution < -0.4 is 5.32 Å². The first-order valence-corrected chi connectivity index (χ1v) is 8.73. The van der Waals surface area contributed by atoms with Crippen molar-refractivity contribution in [2.45, 2.75) is 6.42 Å². The molecule has 0 spiro atoms. The fraction of sp³-hybridized carbons (Fsp3) is 0.111. The molecule has 1 N–H and O–H groups in total. The van der Waals surface area contributed by atoms with Gasteiger partial charge in [-0.15, -0.1) is 11.3 Å². The quantitative estimate of drug-likeness (QED) is 0.601. The zero-order valence-corrected chi connectivity index (χ0v) is 14.1. The molecular weight excluding hydrogens is 334 g/mol. The van der Waals surface area contributed by atoms with E-state index in [1.165, 1.54) is 0 Å². The number of thiazole rings is 1. The predicted octanol–water partition coefficient (Wildman–Crippen LogP) is 2.83. The Balaban J connectivity index is 1.36. The molecule has 4 aromatic rings. The summed E-state index contributed by atoms with van der Waals surface area (Å²) in [6.07, 6.45) is 9.54. The summed E-state index contributed by atoms with van der Waals surface area (Å²) in [6, 6.07) is 7.49. The van der Waals surface area contributed by atoms with Crippen LogP contribution in [0.25, 0.3) is 16.2 Å². The molecule has 1 amide bonds. The van der Waals surface area contributed by atoms with Gasteiger partial charge in [-0.3, -0.25) is 9.78 Å². The lowest BCUT2D eigenvalue weighted by molar-refractivity contribution is 0.0953. The van der Waals surface area contributed by atoms with E-state index in [4.69, 9.17) is 0 Å². The van der Waals surface area contributed by atoms with E-state index in [9.17, 15) is 4.79 Å². The first-order chi connectivity index (χ1) is 12.3. The smallest absolute Gasteiger partial charge is 0.252 e. The van der Waals surface area contributed by atoms with Crippen LogP contribution in [0.5, 0.6) is 0 Å². The second kappa shape index (κ2) is 6.82. The molecule has 0 atom stereocenters. The molecule has 0 saturated carbocycles. The first-order valence-electron chi connectivity index (χ1n) is 7.85. The number of nitrogens with zero attached hydrogens (tertiary/aromatic N) is 4. The largest absolute Gasteiger partial charge is 0.352 e. The van der Waals surface area contributed by atoms with Crippen molar-refractivity contribution < 1.29 is 4.79 Å². The van der Waals surface area contributed by atoms with Gasteiger partial charge in [0.15, 0.2) is 0 Å². The fourth-order valence-corrected chi connectivity index (χ4v) is 3.35. The number of hydrogen-bond donors (Lipinski definition) is 1. The van der Waals surface area contributed by atoms with Crippen LogP contribution >= 0.6 is 11.3 Å². The van der Waals surface area contributed by atoms with Crippen molar-refractivity contribution in [2.24, 2.45) is 0 Å². The second-order valence-corrected chi connectivity index (χ2v) is 6.36. The zero-order valence-electron chi connectivity index (χ0n) is 13.3. The van der Waals surface area contributed by atoms with Crippen LogP contribution in [-0.4, -0.2) is 31.8 Å². The van der Waals surface area contributed by atoms with E-state index in [0.717, 1.165) is 21.9 Å². The molecule has 0 aliphatic rings. The zero-order chi connectivity index (χ0) is 17.1. The third-order valence-electron chi connectivity index (χ3n) is 3.78. The minimum Gasteiger partial charge on any atom is -0.352 e. The number of hydrogen-bond acceptors (Lipinski definition) is 5. The highest BCUT2D eigenvalue weighted by Gasteiger charge is 2.08. The first kappa shape index (κ1) is 15.5. The third-order valence-corrected chi connectivity index (χ3v) is 4.72. The minimum atomic E-state index is -0.0988. The Bertz CT molecular complexity index is 1010. The number of carbonyl (C=O) groups is 1. The molecule has 25 heavy (non-hydrogen) atoms. The summed E-state index contributed by atoms with van der Waals surface area (Å²) in [6.45, 7) is 0.539. The van der Waals surface area contributed by atoms with E-state index in [1.807, 2.05) is 34.2 Å². The van der Waals surface area contributed by atoms with E-state index in [0.29, 0.717) is 18.5 Å². The summed E-state index contributed by atoms with van der Waals surface area (Å²) in [7, 11) is 0. The lowest BCUT2D eigenvalue weighted by Crippen LogP contribution is -2.26. The van der Waals surface area contributed by atoms with Crippen molar-refractivity contribution in [1.82, 2.24) is 24.7 Å². The van der Waals surface area contributed by atoms with Gasteiger partial charge in [0.25, 0.3) is 5.91 Å². The summed E-state index contributed by atoms with van der Waals surface area (Å²) in [5, 5.41) is 5.90. The van der Waals surface area contributed by atoms with E-state index in [-0.39, 0.29) is 5.91 Å². The average Bonchev–Trinajstić information content (AvgIpc) is 3.31. The van der Waals surface area contributed by atoms with Gasteiger partial charge >= 0.3 is 0 Å². The lowest BCUT2D eigenvalue weighted by atomic mass is 10.2. The Hall–Kier alpha value is -3.06. The van der Waals surface area contributed by atoms with E-state index < -0.39 is 0 Å². The Morgan fingerprint density at radius 2 is 2.20 bits per heavy atom. The summed E-state index contributed by atoms with van der Waals surface area (Å²) < 4.78 is 1.83. The molecule has 0 radical (unpaired) electrons. The van der Waals surface area contributed by atoms with Crippen molar-refractivity contribution in [3.63, 3.8) is 0 Å². The summed E-state index contributed by atoms with van der Waals surface area (Å²) >= 11 is 1.59. The molecule has 4 rings (SSSR count). The van der Waals surface area contributed by atoms with Crippen LogP contribution in [0.4, 0.5) is 0 Å². The van der Waals surface area contributed by atoms with Crippen LogP contribution in [0.1, 0.15) is 16.1 Å². The highest BCUT2D eigenvalue weighted by atomic mass is 32.1. The number of amides is 1. The Morgan fingerprint density at radius 1 is 1.24 bits per heavy atom. The topological polar surface area (TPSA) is 72.2 Å². The van der Waals surface area contributed by atoms with Crippen molar-refractivity contribution in [3.05, 3.63) is 71.9 Å². The molecule has 0 aliphatic carbocycles. The van der Waals surface area contributed by atoms with Gasteiger partial charge in [-0.25, -0.2) is 9.97 Å². The van der Waals surface area contributed by atoms with Gasteiger partial charge in [0.2, 0.25) is 0 Å². The molecule has 0 unspecified atom stereocenters. The summed E-state index contributed by atoms with van der Waals surface area (Å²) in [5.74, 6) is -0.0988. The van der Waals surface area contributed by atoms with E-state index in [2.05, 4.69) is 20.3 Å². The number of rotatable bonds is 5. The predicted molar refractivity (Wildman–Crippen MR) is 96.6 cm³/mol. The molecule has 0 saturated heterocycles. The van der Waals surface area contributed by atoms with Crippen LogP contribution in [-0.2, 0) is 6.42 Å². The molecule has 0 aromatic carbocycles. The van der Waals surface area contributed by atoms with Gasteiger partial charge in [-0.2, -0.15) is 0 Å². The van der Waals surface area contributed by atoms with Crippen LogP contribution in [0, 0.1) is 0 Å². The van der Waals surface area contributed by atoms with Gasteiger partial charge < -0.3 is 9.72 Å². The molecule has 4 aromatic heterocycles. The monoisotopic (exact) mass is 349 g/mol. The van der Waals surface area contributed by atoms with Gasteiger partial charge in [-0.05, 0) is 24.3 Å². The maximum absolute atomic E-state index is 12.3. The lowest BCUT2D eigenvalue weighted by Gasteiger charge is -2.04. The van der Waals surface area contributed by atoms with Crippen LogP contribution in [0.3, 0.4) is 0 Å². The maximum Gasteiger partial charge on any atom is 0.252 e. The maximum atomic E-state index is 12.3. The Labute approximate surface area is 148 Å². The highest BCUT2D eigenvalue weighted by Crippen LogP contribution is 2.22. The molecule has 124 valence electrons. The molecule has 6 nitrogen and oxygen atoms in total. The highest BCUT2D eigenvalue weighted by molar-refractivity contribution is 7.13. The Morgan fingerprint density at radius 3 is 3.08 bits per heavy atom. The number of pyridine rings is 2. The third kappa shape index (κ3) is 3.41. The van der Waals surface area contributed by atoms with Gasteiger partial charge in [0, 0.05) is 54.9 Å². The summed E-state index contributed by atoms with van der Waals surface area (Å²) in [5.41, 5.74) is 3.41.